The highest BCUT2D eigenvalue weighted by molar-refractivity contribution is 7.52. The first-order valence-corrected chi connectivity index (χ1v) is 29.2. The predicted molar refractivity (Wildman–Crippen MR) is 293 cm³/mol. The Kier molecular flexibility index (Phi) is 16.3. The second-order valence-corrected chi connectivity index (χ2v) is 23.8. The van der Waals surface area contributed by atoms with Crippen LogP contribution in [0.2, 0.25) is 0 Å². The van der Waals surface area contributed by atoms with E-state index in [1.54, 1.807) is 65.6 Å². The van der Waals surface area contributed by atoms with Gasteiger partial charge in [-0.15, -0.1) is 11.3 Å². The summed E-state index contributed by atoms with van der Waals surface area (Å²) < 4.78 is 46.1. The number of benzene rings is 4. The normalized spacial score (nSPS) is 19.8. The number of piperidine rings is 2. The second-order valence-electron chi connectivity index (χ2n) is 21.0. The molecule has 4 aromatic carbocycles. The van der Waals surface area contributed by atoms with Crippen molar-refractivity contribution in [1.29, 1.82) is 0 Å². The second kappa shape index (κ2) is 23.4. The number of likely N-dealkylation sites (tertiary alicyclic amines) is 1. The molecule has 0 spiro atoms. The Morgan fingerprint density at radius 3 is 2.38 bits per heavy atom. The number of hydrogen-bond donors (Lipinski definition) is 6. The Hall–Kier alpha value is -8.16. The van der Waals surface area contributed by atoms with Gasteiger partial charge in [-0.3, -0.25) is 53.1 Å². The van der Waals surface area contributed by atoms with Gasteiger partial charge in [-0.1, -0.05) is 72.5 Å². The van der Waals surface area contributed by atoms with Crippen molar-refractivity contribution in [3.05, 3.63) is 135 Å². The number of amides is 8. The highest BCUT2D eigenvalue weighted by atomic mass is 32.1. The van der Waals surface area contributed by atoms with Crippen molar-refractivity contribution in [2.24, 2.45) is 11.7 Å². The lowest BCUT2D eigenvalue weighted by molar-refractivity contribution is -0.137. The largest absolute Gasteiger partial charge is 0.447 e. The number of ketones is 1. The molecule has 5 aromatic rings. The summed E-state index contributed by atoms with van der Waals surface area (Å²) in [6.45, 7) is 0.309. The predicted octanol–water partition coefficient (Wildman–Crippen LogP) is 5.29. The lowest BCUT2D eigenvalue weighted by atomic mass is 9.88. The SMILES string of the molecule is NC(=O)OC[C@H](NC(=O)[C@@H]1Cc2cccc3c2N1C(=O)[C@@H](NC(=O)c1cc2cc(C(F)(F)P(=O)(O)O)ccc2s1)CC3)C(=O)C[C@H](C(=O)N1CCC(CCC#Cc2cccc3c2CN(C2CCC(=O)NC2=O)C3=O)CC1)c1ccccc1. The molecule has 10 rings (SSSR count). The first-order chi connectivity index (χ1) is 39.2. The quantitative estimate of drug-likeness (QED) is 0.0417. The number of alkyl halides is 2. The van der Waals surface area contributed by atoms with Crippen LogP contribution in [0.3, 0.4) is 0 Å². The summed E-state index contributed by atoms with van der Waals surface area (Å²) in [7, 11) is -5.88. The lowest BCUT2D eigenvalue weighted by Gasteiger charge is -2.34. The molecular weight excluding hydrogens is 1100 g/mol. The minimum absolute atomic E-state index is 0.00848. The number of thiophene rings is 1. The summed E-state index contributed by atoms with van der Waals surface area (Å²) in [6.07, 6.45) is 1.78. The third-order valence-electron chi connectivity index (χ3n) is 15.9. The number of nitrogens with two attached hydrogens (primary N) is 1. The number of rotatable bonds is 16. The van der Waals surface area contributed by atoms with Gasteiger partial charge in [0.1, 0.15) is 30.8 Å². The van der Waals surface area contributed by atoms with Gasteiger partial charge in [-0.25, -0.2) is 4.79 Å². The van der Waals surface area contributed by atoms with Crippen molar-refractivity contribution in [2.75, 3.05) is 24.6 Å². The lowest BCUT2D eigenvalue weighted by Crippen LogP contribution is -2.57. The molecule has 20 nitrogen and oxygen atoms in total. The molecule has 82 heavy (non-hydrogen) atoms. The number of nitrogens with zero attached hydrogens (tertiary/aromatic N) is 3. The number of hydrogen-bond acceptors (Lipinski definition) is 12. The van der Waals surface area contributed by atoms with E-state index >= 15 is 0 Å². The molecule has 1 aromatic heterocycles. The summed E-state index contributed by atoms with van der Waals surface area (Å²) in [5.41, 5.74) is 4.19. The molecule has 0 radical (unpaired) electrons. The number of anilines is 1. The van der Waals surface area contributed by atoms with E-state index in [0.717, 1.165) is 35.5 Å². The standard InChI is InChI=1S/C58H56F2N7O13PS/c59-58(60,81(77,78)79)38-17-20-47-37(26-38)28-48(82-47)53(72)62-42-18-16-35-13-6-14-36-27-45(67(50(35)36)56(42)75)52(71)63-43(31-80-57(61)76)46(68)29-40(33-9-2-1-3-10-33)54(73)65-24-22-32(23-25-65)8-4-5-11-34-12-7-15-39-41(34)30-66(55(39)74)44-19-21-49(69)64-51(44)70/h1-3,6-7,9-10,12-15,17,20,26,28,32,40,42-45H,4,8,16,18-19,21-25,27,29-31H2,(H2,61,76)(H,62,72)(H,63,71)(H,64,69,70)(H2,77,78,79)/t40-,42-,43-,44?,45-/m0/s1. The molecule has 0 bridgehead atoms. The minimum atomic E-state index is -5.88. The zero-order chi connectivity index (χ0) is 58.2. The van der Waals surface area contributed by atoms with E-state index in [2.05, 4.69) is 27.8 Å². The molecule has 5 atom stereocenters. The summed E-state index contributed by atoms with van der Waals surface area (Å²) >= 11 is 0.908. The maximum Gasteiger partial charge on any atom is 0.404 e. The van der Waals surface area contributed by atoms with Crippen molar-refractivity contribution >= 4 is 87.9 Å². The maximum absolute atomic E-state index is 14.6. The summed E-state index contributed by atoms with van der Waals surface area (Å²) in [5.74, 6) is 1.39. The number of halogens is 2. The fourth-order valence-electron chi connectivity index (χ4n) is 11.5. The van der Waals surface area contributed by atoms with Crippen molar-refractivity contribution in [3.63, 3.8) is 0 Å². The number of carbonyl (C=O) groups is 9. The van der Waals surface area contributed by atoms with Gasteiger partial charge in [0.25, 0.3) is 11.8 Å². The molecule has 0 aliphatic carbocycles. The van der Waals surface area contributed by atoms with Gasteiger partial charge in [-0.2, -0.15) is 8.78 Å². The van der Waals surface area contributed by atoms with Gasteiger partial charge >= 0.3 is 19.4 Å². The van der Waals surface area contributed by atoms with Gasteiger partial charge in [0, 0.05) is 66.7 Å². The third kappa shape index (κ3) is 11.7. The van der Waals surface area contributed by atoms with E-state index < -0.39 is 97.4 Å². The smallest absolute Gasteiger partial charge is 0.404 e. The zero-order valence-corrected chi connectivity index (χ0v) is 45.7. The van der Waals surface area contributed by atoms with Crippen LogP contribution in [0.15, 0.2) is 91.0 Å². The van der Waals surface area contributed by atoms with Crippen molar-refractivity contribution in [3.8, 4) is 11.8 Å². The summed E-state index contributed by atoms with van der Waals surface area (Å²) in [4.78, 5) is 145. The van der Waals surface area contributed by atoms with Crippen molar-refractivity contribution in [2.45, 2.75) is 107 Å². The van der Waals surface area contributed by atoms with Crippen LogP contribution in [0.5, 0.6) is 0 Å². The first-order valence-electron chi connectivity index (χ1n) is 26.7. The number of para-hydroxylation sites is 1. The zero-order valence-electron chi connectivity index (χ0n) is 43.9. The van der Waals surface area contributed by atoms with Crippen LogP contribution < -0.4 is 26.6 Å². The van der Waals surface area contributed by atoms with E-state index in [1.165, 1.54) is 21.9 Å². The molecule has 5 aliphatic rings. The van der Waals surface area contributed by atoms with Crippen LogP contribution in [0.25, 0.3) is 10.1 Å². The molecule has 0 saturated carbocycles. The molecular formula is C58H56F2N7O13PS. The van der Waals surface area contributed by atoms with Gasteiger partial charge in [-0.05, 0) is 102 Å². The average molecular weight is 1160 g/mol. The van der Waals surface area contributed by atoms with Gasteiger partial charge in [0.15, 0.2) is 5.78 Å². The molecule has 1 unspecified atom stereocenters. The van der Waals surface area contributed by atoms with E-state index in [1.807, 2.05) is 6.07 Å². The topological polar surface area (TPSA) is 292 Å². The van der Waals surface area contributed by atoms with Crippen molar-refractivity contribution in [1.82, 2.24) is 25.8 Å². The first kappa shape index (κ1) is 57.1. The number of carbonyl (C=O) groups excluding carboxylic acids is 9. The Balaban J connectivity index is 0.788. The molecule has 2 fully saturated rings. The van der Waals surface area contributed by atoms with Gasteiger partial charge in [0.2, 0.25) is 29.5 Å². The molecule has 6 heterocycles. The molecule has 7 N–H and O–H groups in total. The Labute approximate surface area is 472 Å². The number of ether oxygens (including phenoxy) is 1. The van der Waals surface area contributed by atoms with E-state index in [-0.39, 0.29) is 66.1 Å². The Morgan fingerprint density at radius 2 is 1.65 bits per heavy atom. The van der Waals surface area contributed by atoms with Crippen LogP contribution >= 0.6 is 18.9 Å². The number of imide groups is 1. The highest BCUT2D eigenvalue weighted by Crippen LogP contribution is 2.59. The van der Waals surface area contributed by atoms with Gasteiger partial charge in [0.05, 0.1) is 16.5 Å². The number of fused-ring (bicyclic) bond motifs is 2. The van der Waals surface area contributed by atoms with E-state index in [0.29, 0.717) is 77.0 Å². The number of primary amides is 1. The molecule has 8 amide bonds. The van der Waals surface area contributed by atoms with Crippen LogP contribution in [0, 0.1) is 17.8 Å². The molecule has 2 saturated heterocycles. The van der Waals surface area contributed by atoms with Gasteiger partial charge < -0.3 is 40.7 Å². The molecule has 426 valence electrons. The Morgan fingerprint density at radius 1 is 0.902 bits per heavy atom. The van der Waals surface area contributed by atoms with Crippen LogP contribution in [0.1, 0.15) is 111 Å². The fraction of sp³-hybridized carbons (Fsp3) is 0.362. The van der Waals surface area contributed by atoms with E-state index in [4.69, 9.17) is 10.5 Å². The highest BCUT2D eigenvalue weighted by Gasteiger charge is 2.51. The van der Waals surface area contributed by atoms with Crippen LogP contribution in [0.4, 0.5) is 19.3 Å². The summed E-state index contributed by atoms with van der Waals surface area (Å²) in [5, 5.41) is 7.84. The number of nitrogens with one attached hydrogen (secondary N) is 3. The maximum atomic E-state index is 14.6. The fourth-order valence-corrected chi connectivity index (χ4v) is 13.0. The minimum Gasteiger partial charge on any atom is -0.447 e. The number of aryl methyl sites for hydroxylation is 1. The average Bonchev–Trinajstić information content (AvgIpc) is 4.07. The van der Waals surface area contributed by atoms with Crippen LogP contribution in [-0.2, 0) is 63.1 Å². The third-order valence-corrected chi connectivity index (χ3v) is 18.0. The van der Waals surface area contributed by atoms with E-state index in [9.17, 15) is 66.3 Å². The Bertz CT molecular complexity index is 3570. The van der Waals surface area contributed by atoms with Crippen LogP contribution in [-0.4, -0.2) is 117 Å². The molecule has 5 aliphatic heterocycles. The monoisotopic (exact) mass is 1160 g/mol. The number of Topliss-reactive ketones (excluding diaryl/α,β-unsaturated/α-hetero) is 1. The summed E-state index contributed by atoms with van der Waals surface area (Å²) in [6, 6.07) is 18.8. The molecule has 24 heteroatoms. The van der Waals surface area contributed by atoms with Crippen molar-refractivity contribution < 1.29 is 71.0 Å².